The standard InChI is InChI=1S/C12H15BrFN/c1-8(14)11-3-2-9(6-12(11)13)10-4-5-15-7-10/h2-3,6,8,10,15H,4-5,7H2,1H3. The fourth-order valence-corrected chi connectivity index (χ4v) is 2.77. The maximum absolute atomic E-state index is 13.2. The summed E-state index contributed by atoms with van der Waals surface area (Å²) in [6, 6.07) is 6.00. The van der Waals surface area contributed by atoms with E-state index in [0.717, 1.165) is 23.1 Å². The minimum Gasteiger partial charge on any atom is -0.316 e. The summed E-state index contributed by atoms with van der Waals surface area (Å²) in [6.45, 7) is 3.69. The van der Waals surface area contributed by atoms with Crippen LogP contribution in [0.15, 0.2) is 22.7 Å². The Hall–Kier alpha value is -0.410. The minimum absolute atomic E-state index is 0.588. The van der Waals surface area contributed by atoms with Gasteiger partial charge in [0.15, 0.2) is 0 Å². The third kappa shape index (κ3) is 2.40. The van der Waals surface area contributed by atoms with E-state index in [1.54, 1.807) is 6.92 Å². The van der Waals surface area contributed by atoms with Crippen molar-refractivity contribution < 1.29 is 4.39 Å². The van der Waals surface area contributed by atoms with Crippen LogP contribution < -0.4 is 5.32 Å². The van der Waals surface area contributed by atoms with E-state index < -0.39 is 6.17 Å². The van der Waals surface area contributed by atoms with Gasteiger partial charge in [0.2, 0.25) is 0 Å². The van der Waals surface area contributed by atoms with E-state index in [0.29, 0.717) is 5.92 Å². The molecule has 0 aliphatic carbocycles. The Morgan fingerprint density at radius 1 is 1.53 bits per heavy atom. The van der Waals surface area contributed by atoms with Crippen LogP contribution in [0.1, 0.15) is 36.6 Å². The molecule has 1 aromatic rings. The molecule has 0 saturated carbocycles. The summed E-state index contributed by atoms with van der Waals surface area (Å²) in [5.41, 5.74) is 2.04. The largest absolute Gasteiger partial charge is 0.316 e. The zero-order chi connectivity index (χ0) is 10.8. The Bertz CT molecular complexity index is 345. The lowest BCUT2D eigenvalue weighted by atomic mass is 9.97. The number of halogens is 2. The zero-order valence-corrected chi connectivity index (χ0v) is 10.3. The first-order chi connectivity index (χ1) is 7.18. The molecule has 15 heavy (non-hydrogen) atoms. The van der Waals surface area contributed by atoms with Crippen LogP contribution in [0.4, 0.5) is 4.39 Å². The van der Waals surface area contributed by atoms with Gasteiger partial charge in [0.1, 0.15) is 6.17 Å². The Morgan fingerprint density at radius 3 is 2.87 bits per heavy atom. The molecule has 1 nitrogen and oxygen atoms in total. The number of nitrogens with one attached hydrogen (secondary N) is 1. The van der Waals surface area contributed by atoms with Gasteiger partial charge in [-0.3, -0.25) is 0 Å². The fourth-order valence-electron chi connectivity index (χ4n) is 2.06. The average molecular weight is 272 g/mol. The molecule has 0 bridgehead atoms. The minimum atomic E-state index is -0.907. The van der Waals surface area contributed by atoms with Crippen LogP contribution in [0, 0.1) is 0 Å². The van der Waals surface area contributed by atoms with Gasteiger partial charge < -0.3 is 5.32 Å². The normalized spacial score (nSPS) is 23.0. The second-order valence-corrected chi connectivity index (χ2v) is 4.94. The van der Waals surface area contributed by atoms with Crippen molar-refractivity contribution >= 4 is 15.9 Å². The molecule has 3 heteroatoms. The second-order valence-electron chi connectivity index (χ2n) is 4.09. The maximum Gasteiger partial charge on any atom is 0.123 e. The molecule has 0 aromatic heterocycles. The first-order valence-electron chi connectivity index (χ1n) is 5.32. The molecule has 1 heterocycles. The van der Waals surface area contributed by atoms with Crippen LogP contribution in [-0.4, -0.2) is 13.1 Å². The molecule has 0 spiro atoms. The Balaban J connectivity index is 2.24. The lowest BCUT2D eigenvalue weighted by molar-refractivity contribution is 0.373. The van der Waals surface area contributed by atoms with Crippen molar-refractivity contribution in [3.63, 3.8) is 0 Å². The summed E-state index contributed by atoms with van der Waals surface area (Å²) in [5, 5.41) is 3.34. The van der Waals surface area contributed by atoms with E-state index in [2.05, 4.69) is 27.3 Å². The number of alkyl halides is 1. The molecule has 1 saturated heterocycles. The maximum atomic E-state index is 13.2. The Labute approximate surface area is 98.2 Å². The Morgan fingerprint density at radius 2 is 2.33 bits per heavy atom. The van der Waals surface area contributed by atoms with Crippen LogP contribution >= 0.6 is 15.9 Å². The van der Waals surface area contributed by atoms with Crippen molar-refractivity contribution in [3.05, 3.63) is 33.8 Å². The van der Waals surface area contributed by atoms with Gasteiger partial charge >= 0.3 is 0 Å². The van der Waals surface area contributed by atoms with Crippen LogP contribution in [0.3, 0.4) is 0 Å². The molecule has 0 amide bonds. The lowest BCUT2D eigenvalue weighted by Gasteiger charge is -2.12. The quantitative estimate of drug-likeness (QED) is 0.868. The molecule has 1 fully saturated rings. The predicted molar refractivity (Wildman–Crippen MR) is 63.9 cm³/mol. The molecule has 1 aliphatic rings. The Kier molecular flexibility index (Phi) is 3.42. The molecular formula is C12H15BrFN. The topological polar surface area (TPSA) is 12.0 Å². The molecule has 0 radical (unpaired) electrons. The summed E-state index contributed by atoms with van der Waals surface area (Å²) in [7, 11) is 0. The van der Waals surface area contributed by atoms with Gasteiger partial charge in [-0.1, -0.05) is 28.1 Å². The number of hydrogen-bond donors (Lipinski definition) is 1. The third-order valence-corrected chi connectivity index (χ3v) is 3.67. The SMILES string of the molecule is CC(F)c1ccc(C2CCNC2)cc1Br. The second kappa shape index (κ2) is 4.62. The van der Waals surface area contributed by atoms with Crippen molar-refractivity contribution in [3.8, 4) is 0 Å². The van der Waals surface area contributed by atoms with Crippen LogP contribution in [0.25, 0.3) is 0 Å². The van der Waals surface area contributed by atoms with Gasteiger partial charge in [0, 0.05) is 11.0 Å². The van der Waals surface area contributed by atoms with E-state index in [9.17, 15) is 4.39 Å². The average Bonchev–Trinajstić information content (AvgIpc) is 2.69. The number of benzene rings is 1. The highest BCUT2D eigenvalue weighted by Crippen LogP contribution is 2.31. The highest BCUT2D eigenvalue weighted by Gasteiger charge is 2.18. The zero-order valence-electron chi connectivity index (χ0n) is 8.76. The van der Waals surface area contributed by atoms with Gasteiger partial charge in [-0.25, -0.2) is 4.39 Å². The first-order valence-corrected chi connectivity index (χ1v) is 6.12. The van der Waals surface area contributed by atoms with Crippen LogP contribution in [-0.2, 0) is 0 Å². The summed E-state index contributed by atoms with van der Waals surface area (Å²) in [6.07, 6.45) is 0.270. The van der Waals surface area contributed by atoms with Crippen molar-refractivity contribution in [1.29, 1.82) is 0 Å². The van der Waals surface area contributed by atoms with E-state index in [1.165, 1.54) is 12.0 Å². The van der Waals surface area contributed by atoms with Gasteiger partial charge in [-0.15, -0.1) is 0 Å². The molecule has 2 atom stereocenters. The van der Waals surface area contributed by atoms with E-state index in [-0.39, 0.29) is 0 Å². The van der Waals surface area contributed by atoms with E-state index in [1.807, 2.05) is 12.1 Å². The van der Waals surface area contributed by atoms with Crippen molar-refractivity contribution in [2.24, 2.45) is 0 Å². The predicted octanol–water partition coefficient (Wildman–Crippen LogP) is 3.56. The van der Waals surface area contributed by atoms with Crippen molar-refractivity contribution in [1.82, 2.24) is 5.32 Å². The fraction of sp³-hybridized carbons (Fsp3) is 0.500. The van der Waals surface area contributed by atoms with Gasteiger partial charge in [0.05, 0.1) is 0 Å². The summed E-state index contributed by atoms with van der Waals surface area (Å²) >= 11 is 3.43. The molecule has 1 aromatic carbocycles. The first kappa shape index (κ1) is 11.1. The summed E-state index contributed by atoms with van der Waals surface area (Å²) in [5.74, 6) is 0.588. The smallest absolute Gasteiger partial charge is 0.123 e. The molecule has 1 aliphatic heterocycles. The monoisotopic (exact) mass is 271 g/mol. The lowest BCUT2D eigenvalue weighted by Crippen LogP contribution is -2.08. The van der Waals surface area contributed by atoms with Crippen molar-refractivity contribution in [2.75, 3.05) is 13.1 Å². The van der Waals surface area contributed by atoms with Crippen LogP contribution in [0.2, 0.25) is 0 Å². The van der Waals surface area contributed by atoms with Gasteiger partial charge in [-0.05, 0) is 43.0 Å². The van der Waals surface area contributed by atoms with Gasteiger partial charge in [0.25, 0.3) is 0 Å². The van der Waals surface area contributed by atoms with Crippen LogP contribution in [0.5, 0.6) is 0 Å². The van der Waals surface area contributed by atoms with Crippen molar-refractivity contribution in [2.45, 2.75) is 25.4 Å². The molecule has 2 unspecified atom stereocenters. The number of hydrogen-bond acceptors (Lipinski definition) is 1. The molecule has 2 rings (SSSR count). The molecular weight excluding hydrogens is 257 g/mol. The van der Waals surface area contributed by atoms with E-state index in [4.69, 9.17) is 0 Å². The highest BCUT2D eigenvalue weighted by atomic mass is 79.9. The highest BCUT2D eigenvalue weighted by molar-refractivity contribution is 9.10. The summed E-state index contributed by atoms with van der Waals surface area (Å²) in [4.78, 5) is 0. The third-order valence-electron chi connectivity index (χ3n) is 2.98. The van der Waals surface area contributed by atoms with E-state index >= 15 is 0 Å². The van der Waals surface area contributed by atoms with Gasteiger partial charge in [-0.2, -0.15) is 0 Å². The summed E-state index contributed by atoms with van der Waals surface area (Å²) < 4.78 is 14.1. The molecule has 1 N–H and O–H groups in total. The molecule has 82 valence electrons. The number of rotatable bonds is 2.